The molecule has 4 aromatic rings. The molecular formula is C20H18FN3S. The minimum absolute atomic E-state index is 0.194. The minimum atomic E-state index is -0.194. The van der Waals surface area contributed by atoms with Crippen molar-refractivity contribution in [2.45, 2.75) is 13.1 Å². The lowest BCUT2D eigenvalue weighted by molar-refractivity contribution is 0.314. The number of rotatable bonds is 5. The summed E-state index contributed by atoms with van der Waals surface area (Å²) in [5, 5.41) is 2.05. The number of aromatic nitrogens is 2. The van der Waals surface area contributed by atoms with Gasteiger partial charge in [-0.05, 0) is 24.7 Å². The maximum Gasteiger partial charge on any atom is 0.194 e. The van der Waals surface area contributed by atoms with Gasteiger partial charge in [0.1, 0.15) is 5.82 Å². The van der Waals surface area contributed by atoms with Crippen LogP contribution in [-0.4, -0.2) is 21.3 Å². The summed E-state index contributed by atoms with van der Waals surface area (Å²) < 4.78 is 15.6. The van der Waals surface area contributed by atoms with Crippen LogP contribution in [0.25, 0.3) is 16.2 Å². The Balaban J connectivity index is 1.65. The summed E-state index contributed by atoms with van der Waals surface area (Å²) in [7, 11) is 2.05. The van der Waals surface area contributed by atoms with E-state index in [1.165, 1.54) is 6.07 Å². The number of hydrogen-bond donors (Lipinski definition) is 0. The van der Waals surface area contributed by atoms with Crippen LogP contribution in [0, 0.1) is 5.82 Å². The average Bonchev–Trinajstić information content (AvgIpc) is 3.18. The molecule has 4 rings (SSSR count). The van der Waals surface area contributed by atoms with Crippen LogP contribution in [0.4, 0.5) is 4.39 Å². The topological polar surface area (TPSA) is 20.5 Å². The van der Waals surface area contributed by atoms with E-state index in [2.05, 4.69) is 27.6 Å². The SMILES string of the molecule is CN(Cc1cccc(F)c1)Cc1c(-c2ccccc2)nc2sccn12. The average molecular weight is 351 g/mol. The predicted molar refractivity (Wildman–Crippen MR) is 100 cm³/mol. The number of imidazole rings is 1. The van der Waals surface area contributed by atoms with Gasteiger partial charge < -0.3 is 0 Å². The lowest BCUT2D eigenvalue weighted by Gasteiger charge is -2.17. The van der Waals surface area contributed by atoms with E-state index in [1.807, 2.05) is 36.7 Å². The predicted octanol–water partition coefficient (Wildman–Crippen LogP) is 4.83. The second kappa shape index (κ2) is 6.78. The van der Waals surface area contributed by atoms with E-state index in [0.717, 1.165) is 34.0 Å². The highest BCUT2D eigenvalue weighted by atomic mass is 32.1. The molecule has 2 heterocycles. The molecule has 0 aliphatic heterocycles. The van der Waals surface area contributed by atoms with Crippen LogP contribution < -0.4 is 0 Å². The van der Waals surface area contributed by atoms with Gasteiger partial charge in [0.2, 0.25) is 0 Å². The zero-order valence-corrected chi connectivity index (χ0v) is 14.7. The number of fused-ring (bicyclic) bond motifs is 1. The number of halogens is 1. The molecule has 126 valence electrons. The molecular weight excluding hydrogens is 333 g/mol. The molecule has 0 amide bonds. The Labute approximate surface area is 150 Å². The molecule has 2 aromatic carbocycles. The minimum Gasteiger partial charge on any atom is -0.296 e. The molecule has 0 saturated carbocycles. The summed E-state index contributed by atoms with van der Waals surface area (Å²) in [4.78, 5) is 7.99. The third-order valence-corrected chi connectivity index (χ3v) is 4.93. The van der Waals surface area contributed by atoms with Gasteiger partial charge in [-0.25, -0.2) is 9.37 Å². The largest absolute Gasteiger partial charge is 0.296 e. The van der Waals surface area contributed by atoms with Crippen molar-refractivity contribution in [3.63, 3.8) is 0 Å². The Morgan fingerprint density at radius 1 is 1.08 bits per heavy atom. The molecule has 5 heteroatoms. The Morgan fingerprint density at radius 2 is 1.92 bits per heavy atom. The van der Waals surface area contributed by atoms with Crippen molar-refractivity contribution in [3.8, 4) is 11.3 Å². The van der Waals surface area contributed by atoms with E-state index in [1.54, 1.807) is 23.5 Å². The Hall–Kier alpha value is -2.50. The molecule has 3 nitrogen and oxygen atoms in total. The van der Waals surface area contributed by atoms with Crippen LogP contribution >= 0.6 is 11.3 Å². The molecule has 0 unspecified atom stereocenters. The van der Waals surface area contributed by atoms with Crippen LogP contribution in [0.1, 0.15) is 11.3 Å². The highest BCUT2D eigenvalue weighted by Gasteiger charge is 2.16. The lowest BCUT2D eigenvalue weighted by atomic mass is 10.1. The normalized spacial score (nSPS) is 11.5. The maximum absolute atomic E-state index is 13.4. The molecule has 0 aliphatic rings. The second-order valence-electron chi connectivity index (χ2n) is 6.13. The van der Waals surface area contributed by atoms with Gasteiger partial charge in [-0.2, -0.15) is 0 Å². The smallest absolute Gasteiger partial charge is 0.194 e. The molecule has 2 aromatic heterocycles. The second-order valence-corrected chi connectivity index (χ2v) is 7.00. The first-order valence-corrected chi connectivity index (χ1v) is 9.01. The maximum atomic E-state index is 13.4. The van der Waals surface area contributed by atoms with Crippen LogP contribution in [0.2, 0.25) is 0 Å². The van der Waals surface area contributed by atoms with E-state index in [0.29, 0.717) is 6.54 Å². The Kier molecular flexibility index (Phi) is 4.34. The Morgan fingerprint density at radius 3 is 2.72 bits per heavy atom. The highest BCUT2D eigenvalue weighted by molar-refractivity contribution is 7.15. The fourth-order valence-electron chi connectivity index (χ4n) is 3.07. The van der Waals surface area contributed by atoms with Gasteiger partial charge in [0, 0.05) is 30.2 Å². The third-order valence-electron chi connectivity index (χ3n) is 4.17. The van der Waals surface area contributed by atoms with Gasteiger partial charge >= 0.3 is 0 Å². The van der Waals surface area contributed by atoms with Crippen molar-refractivity contribution >= 4 is 16.3 Å². The van der Waals surface area contributed by atoms with Gasteiger partial charge in [-0.15, -0.1) is 11.3 Å². The molecule has 0 saturated heterocycles. The molecule has 0 radical (unpaired) electrons. The fraction of sp³-hybridized carbons (Fsp3) is 0.150. The van der Waals surface area contributed by atoms with Gasteiger partial charge in [-0.3, -0.25) is 9.30 Å². The Bertz CT molecular complexity index is 991. The zero-order valence-electron chi connectivity index (χ0n) is 13.9. The first kappa shape index (κ1) is 16.0. The third kappa shape index (κ3) is 3.34. The number of nitrogens with zero attached hydrogens (tertiary/aromatic N) is 3. The van der Waals surface area contributed by atoms with Crippen molar-refractivity contribution in [3.05, 3.63) is 83.2 Å². The number of hydrogen-bond acceptors (Lipinski definition) is 3. The molecule has 0 aliphatic carbocycles. The summed E-state index contributed by atoms with van der Waals surface area (Å²) >= 11 is 1.63. The monoisotopic (exact) mass is 351 g/mol. The lowest BCUT2D eigenvalue weighted by Crippen LogP contribution is -2.18. The summed E-state index contributed by atoms with van der Waals surface area (Å²) in [6.45, 7) is 1.42. The summed E-state index contributed by atoms with van der Waals surface area (Å²) in [6, 6.07) is 17.0. The van der Waals surface area contributed by atoms with Gasteiger partial charge in [-0.1, -0.05) is 42.5 Å². The molecule has 0 N–H and O–H groups in total. The molecule has 0 fully saturated rings. The first-order valence-electron chi connectivity index (χ1n) is 8.13. The molecule has 0 bridgehead atoms. The quantitative estimate of drug-likeness (QED) is 0.513. The van der Waals surface area contributed by atoms with Crippen molar-refractivity contribution in [1.29, 1.82) is 0 Å². The van der Waals surface area contributed by atoms with Gasteiger partial charge in [0.15, 0.2) is 4.96 Å². The van der Waals surface area contributed by atoms with Gasteiger partial charge in [0.25, 0.3) is 0 Å². The van der Waals surface area contributed by atoms with Crippen molar-refractivity contribution in [2.75, 3.05) is 7.05 Å². The van der Waals surface area contributed by atoms with Crippen molar-refractivity contribution in [1.82, 2.24) is 14.3 Å². The standard InChI is InChI=1S/C20H18FN3S/c1-23(13-15-6-5-9-17(21)12-15)14-18-19(16-7-3-2-4-8-16)22-20-24(18)10-11-25-20/h2-12H,13-14H2,1H3. The first-order chi connectivity index (χ1) is 12.2. The van der Waals surface area contributed by atoms with E-state index < -0.39 is 0 Å². The van der Waals surface area contributed by atoms with Crippen molar-refractivity contribution < 1.29 is 4.39 Å². The number of thiazole rings is 1. The van der Waals surface area contributed by atoms with E-state index in [-0.39, 0.29) is 5.82 Å². The number of benzene rings is 2. The molecule has 25 heavy (non-hydrogen) atoms. The van der Waals surface area contributed by atoms with Crippen LogP contribution in [0.3, 0.4) is 0 Å². The van der Waals surface area contributed by atoms with Gasteiger partial charge in [0.05, 0.1) is 11.4 Å². The fourth-order valence-corrected chi connectivity index (χ4v) is 3.80. The van der Waals surface area contributed by atoms with Crippen LogP contribution in [0.5, 0.6) is 0 Å². The summed E-state index contributed by atoms with van der Waals surface area (Å²) in [5.74, 6) is -0.194. The summed E-state index contributed by atoms with van der Waals surface area (Å²) in [5.41, 5.74) is 4.25. The van der Waals surface area contributed by atoms with Crippen molar-refractivity contribution in [2.24, 2.45) is 0 Å². The molecule has 0 spiro atoms. The van der Waals surface area contributed by atoms with E-state index >= 15 is 0 Å². The molecule has 0 atom stereocenters. The zero-order chi connectivity index (χ0) is 17.2. The van der Waals surface area contributed by atoms with Crippen LogP contribution in [-0.2, 0) is 13.1 Å². The van der Waals surface area contributed by atoms with E-state index in [9.17, 15) is 4.39 Å². The van der Waals surface area contributed by atoms with E-state index in [4.69, 9.17) is 4.98 Å². The van der Waals surface area contributed by atoms with Crippen LogP contribution in [0.15, 0.2) is 66.2 Å². The highest BCUT2D eigenvalue weighted by Crippen LogP contribution is 2.27. The summed E-state index contributed by atoms with van der Waals surface area (Å²) in [6.07, 6.45) is 2.06.